The summed E-state index contributed by atoms with van der Waals surface area (Å²) < 4.78 is 6.69. The van der Waals surface area contributed by atoms with Gasteiger partial charge >= 0.3 is 0 Å². The zero-order valence-corrected chi connectivity index (χ0v) is 20.1. The lowest BCUT2D eigenvalue weighted by Gasteiger charge is -2.29. The predicted molar refractivity (Wildman–Crippen MR) is 124 cm³/mol. The molecular weight excluding hydrogens is 526 g/mol. The van der Waals surface area contributed by atoms with Gasteiger partial charge in [0.1, 0.15) is 11.8 Å². The molecule has 1 unspecified atom stereocenters. The molecule has 0 saturated carbocycles. The van der Waals surface area contributed by atoms with Gasteiger partial charge in [-0.25, -0.2) is 0 Å². The molecule has 0 spiro atoms. The summed E-state index contributed by atoms with van der Waals surface area (Å²) in [6.45, 7) is 5.40. The quantitative estimate of drug-likeness (QED) is 0.476. The third-order valence-electron chi connectivity index (χ3n) is 4.13. The fourth-order valence-electron chi connectivity index (χ4n) is 2.58. The Balaban J connectivity index is 2.18. The number of nitrogens with one attached hydrogen (secondary N) is 1. The van der Waals surface area contributed by atoms with Gasteiger partial charge in [0.15, 0.2) is 6.61 Å². The molecule has 156 valence electrons. The number of rotatable bonds is 8. The Hall–Kier alpha value is -1.51. The Morgan fingerprint density at radius 1 is 1.10 bits per heavy atom. The van der Waals surface area contributed by atoms with Crippen LogP contribution in [0.2, 0.25) is 10.0 Å². The lowest BCUT2D eigenvalue weighted by Crippen LogP contribution is -2.50. The van der Waals surface area contributed by atoms with Crippen molar-refractivity contribution in [1.29, 1.82) is 0 Å². The second-order valence-electron chi connectivity index (χ2n) is 6.84. The molecule has 1 N–H and O–H groups in total. The standard InChI is InChI=1S/C21H23Cl2IN2O3/c1-13(2)25-21(28)14(3)26(11-15-4-5-16(22)10-19(15)23)20(27)12-29-18-8-6-17(24)7-9-18/h4-10,13-14H,11-12H2,1-3H3,(H,25,28). The van der Waals surface area contributed by atoms with Crippen LogP contribution in [0.1, 0.15) is 26.3 Å². The number of halogens is 3. The summed E-state index contributed by atoms with van der Waals surface area (Å²) in [5, 5.41) is 3.78. The van der Waals surface area contributed by atoms with Crippen molar-refractivity contribution in [2.24, 2.45) is 0 Å². The summed E-state index contributed by atoms with van der Waals surface area (Å²) >= 11 is 14.4. The molecule has 0 aliphatic rings. The molecular formula is C21H23Cl2IN2O3. The van der Waals surface area contributed by atoms with Crippen LogP contribution in [0.4, 0.5) is 0 Å². The van der Waals surface area contributed by atoms with Gasteiger partial charge in [0.2, 0.25) is 5.91 Å². The van der Waals surface area contributed by atoms with Crippen LogP contribution < -0.4 is 10.1 Å². The Bertz CT molecular complexity index is 860. The SMILES string of the molecule is CC(C)NC(=O)C(C)N(Cc1ccc(Cl)cc1Cl)C(=O)COc1ccc(I)cc1. The van der Waals surface area contributed by atoms with E-state index in [2.05, 4.69) is 27.9 Å². The zero-order valence-electron chi connectivity index (χ0n) is 16.4. The Morgan fingerprint density at radius 2 is 1.76 bits per heavy atom. The maximum atomic E-state index is 12.9. The molecule has 29 heavy (non-hydrogen) atoms. The highest BCUT2D eigenvalue weighted by atomic mass is 127. The van der Waals surface area contributed by atoms with Gasteiger partial charge in [-0.1, -0.05) is 29.3 Å². The molecule has 0 fully saturated rings. The molecule has 8 heteroatoms. The van der Waals surface area contributed by atoms with Gasteiger partial charge in [0.25, 0.3) is 5.91 Å². The molecule has 2 rings (SSSR count). The van der Waals surface area contributed by atoms with Crippen LogP contribution in [0.5, 0.6) is 5.75 Å². The first-order valence-electron chi connectivity index (χ1n) is 9.09. The Kier molecular flexibility index (Phi) is 9.04. The minimum absolute atomic E-state index is 0.0379. The van der Waals surface area contributed by atoms with Crippen molar-refractivity contribution in [3.8, 4) is 5.75 Å². The van der Waals surface area contributed by atoms with Gasteiger partial charge in [-0.2, -0.15) is 0 Å². The number of hydrogen-bond acceptors (Lipinski definition) is 3. The van der Waals surface area contributed by atoms with Gasteiger partial charge in [-0.3, -0.25) is 9.59 Å². The molecule has 2 aromatic rings. The van der Waals surface area contributed by atoms with Crippen LogP contribution in [0.15, 0.2) is 42.5 Å². The van der Waals surface area contributed by atoms with Gasteiger partial charge in [-0.15, -0.1) is 0 Å². The number of ether oxygens (including phenoxy) is 1. The maximum Gasteiger partial charge on any atom is 0.261 e. The van der Waals surface area contributed by atoms with Crippen LogP contribution in [0, 0.1) is 3.57 Å². The predicted octanol–water partition coefficient (Wildman–Crippen LogP) is 4.92. The first-order chi connectivity index (χ1) is 13.7. The maximum absolute atomic E-state index is 12.9. The molecule has 2 amide bonds. The van der Waals surface area contributed by atoms with E-state index in [4.69, 9.17) is 27.9 Å². The van der Waals surface area contributed by atoms with Crippen molar-refractivity contribution in [2.75, 3.05) is 6.61 Å². The van der Waals surface area contributed by atoms with Gasteiger partial charge in [0.05, 0.1) is 0 Å². The summed E-state index contributed by atoms with van der Waals surface area (Å²) in [5.41, 5.74) is 0.697. The van der Waals surface area contributed by atoms with Crippen molar-refractivity contribution in [3.05, 3.63) is 61.6 Å². The van der Waals surface area contributed by atoms with E-state index in [0.29, 0.717) is 21.4 Å². The van der Waals surface area contributed by atoms with Gasteiger partial charge < -0.3 is 15.0 Å². The monoisotopic (exact) mass is 548 g/mol. The lowest BCUT2D eigenvalue weighted by atomic mass is 10.1. The highest BCUT2D eigenvalue weighted by molar-refractivity contribution is 14.1. The van der Waals surface area contributed by atoms with E-state index in [0.717, 1.165) is 3.57 Å². The van der Waals surface area contributed by atoms with E-state index < -0.39 is 6.04 Å². The molecule has 0 heterocycles. The summed E-state index contributed by atoms with van der Waals surface area (Å²) in [4.78, 5) is 26.9. The van der Waals surface area contributed by atoms with E-state index in [-0.39, 0.29) is 31.0 Å². The number of nitrogens with zero attached hydrogens (tertiary/aromatic N) is 1. The normalized spacial score (nSPS) is 11.8. The highest BCUT2D eigenvalue weighted by Gasteiger charge is 2.27. The third-order valence-corrected chi connectivity index (χ3v) is 5.44. The molecule has 0 aromatic heterocycles. The summed E-state index contributed by atoms with van der Waals surface area (Å²) in [6.07, 6.45) is 0. The van der Waals surface area contributed by atoms with Crippen molar-refractivity contribution in [1.82, 2.24) is 10.2 Å². The first kappa shape index (κ1) is 23.8. The van der Waals surface area contributed by atoms with Crippen molar-refractivity contribution >= 4 is 57.6 Å². The topological polar surface area (TPSA) is 58.6 Å². The van der Waals surface area contributed by atoms with Crippen molar-refractivity contribution < 1.29 is 14.3 Å². The lowest BCUT2D eigenvalue weighted by molar-refractivity contribution is -0.142. The van der Waals surface area contributed by atoms with E-state index in [1.807, 2.05) is 26.0 Å². The Labute approximate surface area is 194 Å². The molecule has 0 bridgehead atoms. The van der Waals surface area contributed by atoms with Crippen LogP contribution in [0.3, 0.4) is 0 Å². The number of carbonyl (C=O) groups is 2. The van der Waals surface area contributed by atoms with Gasteiger partial charge in [-0.05, 0) is 85.3 Å². The molecule has 0 saturated heterocycles. The minimum atomic E-state index is -0.697. The van der Waals surface area contributed by atoms with E-state index in [9.17, 15) is 9.59 Å². The molecule has 1 atom stereocenters. The summed E-state index contributed by atoms with van der Waals surface area (Å²) in [6, 6.07) is 11.7. The largest absolute Gasteiger partial charge is 0.484 e. The van der Waals surface area contributed by atoms with Crippen molar-refractivity contribution in [3.63, 3.8) is 0 Å². The number of amides is 2. The number of carbonyl (C=O) groups excluding carboxylic acids is 2. The average molecular weight is 549 g/mol. The van der Waals surface area contributed by atoms with Crippen LogP contribution in [0.25, 0.3) is 0 Å². The summed E-state index contributed by atoms with van der Waals surface area (Å²) in [7, 11) is 0. The molecule has 5 nitrogen and oxygen atoms in total. The Morgan fingerprint density at radius 3 is 2.34 bits per heavy atom. The number of hydrogen-bond donors (Lipinski definition) is 1. The van der Waals surface area contributed by atoms with Gasteiger partial charge in [0, 0.05) is 26.2 Å². The van der Waals surface area contributed by atoms with E-state index >= 15 is 0 Å². The van der Waals surface area contributed by atoms with Crippen LogP contribution >= 0.6 is 45.8 Å². The third kappa shape index (κ3) is 7.35. The first-order valence-corrected chi connectivity index (χ1v) is 10.9. The van der Waals surface area contributed by atoms with Crippen LogP contribution in [-0.4, -0.2) is 35.4 Å². The van der Waals surface area contributed by atoms with Crippen LogP contribution in [-0.2, 0) is 16.1 Å². The molecule has 2 aromatic carbocycles. The fraction of sp³-hybridized carbons (Fsp3) is 0.333. The molecule has 0 radical (unpaired) electrons. The summed E-state index contributed by atoms with van der Waals surface area (Å²) in [5.74, 6) is 0.0243. The van der Waals surface area contributed by atoms with Crippen molar-refractivity contribution in [2.45, 2.75) is 39.4 Å². The second-order valence-corrected chi connectivity index (χ2v) is 8.93. The highest BCUT2D eigenvalue weighted by Crippen LogP contribution is 2.23. The number of benzene rings is 2. The molecule has 0 aliphatic carbocycles. The minimum Gasteiger partial charge on any atom is -0.484 e. The second kappa shape index (κ2) is 11.0. The van der Waals surface area contributed by atoms with E-state index in [1.165, 1.54) is 4.90 Å². The smallest absolute Gasteiger partial charge is 0.261 e. The fourth-order valence-corrected chi connectivity index (χ4v) is 3.41. The average Bonchev–Trinajstić information content (AvgIpc) is 2.65. The molecule has 0 aliphatic heterocycles. The zero-order chi connectivity index (χ0) is 21.6. The van der Waals surface area contributed by atoms with E-state index in [1.54, 1.807) is 37.3 Å².